The second-order valence-electron chi connectivity index (χ2n) is 4.70. The molecular formula is C12H17N3O2S. The molecule has 1 saturated heterocycles. The van der Waals surface area contributed by atoms with Crippen LogP contribution in [0.5, 0.6) is 0 Å². The Labute approximate surface area is 110 Å². The van der Waals surface area contributed by atoms with Crippen LogP contribution in [-0.2, 0) is 16.1 Å². The first-order valence-electron chi connectivity index (χ1n) is 5.99. The number of rotatable bonds is 4. The van der Waals surface area contributed by atoms with Gasteiger partial charge in [0.2, 0.25) is 11.8 Å². The maximum Gasteiger partial charge on any atom is 0.247 e. The van der Waals surface area contributed by atoms with Gasteiger partial charge in [-0.1, -0.05) is 0 Å². The lowest BCUT2D eigenvalue weighted by atomic mass is 10.2. The topological polar surface area (TPSA) is 62.3 Å². The second-order valence-corrected chi connectivity index (χ2v) is 6.02. The molecular weight excluding hydrogens is 250 g/mol. The summed E-state index contributed by atoms with van der Waals surface area (Å²) >= 11 is 1.60. The summed E-state index contributed by atoms with van der Waals surface area (Å²) in [5.41, 5.74) is 0. The molecule has 1 aromatic heterocycles. The number of aromatic nitrogens is 1. The Kier molecular flexibility index (Phi) is 3.77. The zero-order valence-corrected chi connectivity index (χ0v) is 11.6. The summed E-state index contributed by atoms with van der Waals surface area (Å²) in [4.78, 5) is 30.4. The minimum Gasteiger partial charge on any atom is -0.299 e. The van der Waals surface area contributed by atoms with E-state index in [1.807, 2.05) is 27.0 Å². The highest BCUT2D eigenvalue weighted by Gasteiger charge is 2.39. The molecule has 98 valence electrons. The third-order valence-corrected chi connectivity index (χ3v) is 3.78. The summed E-state index contributed by atoms with van der Waals surface area (Å²) in [6, 6.07) is -0.469. The number of nitrogens with one attached hydrogen (secondary N) is 1. The molecule has 5 nitrogen and oxygen atoms in total. The van der Waals surface area contributed by atoms with E-state index in [-0.39, 0.29) is 24.3 Å². The molecule has 0 aliphatic carbocycles. The molecule has 0 spiro atoms. The lowest BCUT2D eigenvalue weighted by Crippen LogP contribution is -2.41. The van der Waals surface area contributed by atoms with Crippen molar-refractivity contribution in [1.82, 2.24) is 15.2 Å². The molecule has 18 heavy (non-hydrogen) atoms. The molecule has 2 amide bonds. The highest BCUT2D eigenvalue weighted by atomic mass is 32.1. The van der Waals surface area contributed by atoms with Crippen LogP contribution in [0, 0.1) is 6.92 Å². The fourth-order valence-electron chi connectivity index (χ4n) is 2.05. The summed E-state index contributed by atoms with van der Waals surface area (Å²) in [7, 11) is 0. The van der Waals surface area contributed by atoms with E-state index >= 15 is 0 Å². The van der Waals surface area contributed by atoms with Crippen LogP contribution in [-0.4, -0.2) is 33.8 Å². The van der Waals surface area contributed by atoms with Crippen molar-refractivity contribution in [2.75, 3.05) is 0 Å². The maximum atomic E-state index is 12.0. The van der Waals surface area contributed by atoms with Gasteiger partial charge in [-0.2, -0.15) is 0 Å². The smallest absolute Gasteiger partial charge is 0.247 e. The molecule has 1 atom stereocenters. The number of imide groups is 1. The van der Waals surface area contributed by atoms with E-state index in [0.29, 0.717) is 6.54 Å². The molecule has 1 aliphatic heterocycles. The minimum absolute atomic E-state index is 0.0705. The summed E-state index contributed by atoms with van der Waals surface area (Å²) in [6.07, 6.45) is 2.06. The monoisotopic (exact) mass is 267 g/mol. The van der Waals surface area contributed by atoms with Gasteiger partial charge in [0, 0.05) is 23.7 Å². The Morgan fingerprint density at radius 1 is 1.56 bits per heavy atom. The number of nitrogens with zero attached hydrogens (tertiary/aromatic N) is 2. The predicted octanol–water partition coefficient (Wildman–Crippen LogP) is 1.08. The van der Waals surface area contributed by atoms with E-state index in [9.17, 15) is 9.59 Å². The fourth-order valence-corrected chi connectivity index (χ4v) is 2.78. The van der Waals surface area contributed by atoms with E-state index in [2.05, 4.69) is 10.3 Å². The van der Waals surface area contributed by atoms with Crippen molar-refractivity contribution in [2.24, 2.45) is 0 Å². The summed E-state index contributed by atoms with van der Waals surface area (Å²) in [6.45, 7) is 6.23. The standard InChI is InChI=1S/C12H17N3O2S/c1-7(2)15-11(16)4-9(12(15)17)13-6-10-14-5-8(3)18-10/h5,7,9,13H,4,6H2,1-3H3. The minimum atomic E-state index is -0.399. The SMILES string of the molecule is Cc1cnc(CNC2CC(=O)N(C(C)C)C2=O)s1. The Morgan fingerprint density at radius 2 is 2.28 bits per heavy atom. The number of hydrogen-bond acceptors (Lipinski definition) is 5. The molecule has 0 aromatic carbocycles. The summed E-state index contributed by atoms with van der Waals surface area (Å²) in [5.74, 6) is -0.217. The number of carbonyl (C=O) groups excluding carboxylic acids is 2. The lowest BCUT2D eigenvalue weighted by Gasteiger charge is -2.19. The van der Waals surface area contributed by atoms with Crippen molar-refractivity contribution in [2.45, 2.75) is 45.8 Å². The lowest BCUT2D eigenvalue weighted by molar-refractivity contribution is -0.140. The molecule has 1 unspecified atom stereocenters. The third-order valence-electron chi connectivity index (χ3n) is 2.87. The molecule has 0 radical (unpaired) electrons. The number of hydrogen-bond donors (Lipinski definition) is 1. The first-order chi connectivity index (χ1) is 8.49. The van der Waals surface area contributed by atoms with Crippen LogP contribution in [0.1, 0.15) is 30.2 Å². The van der Waals surface area contributed by atoms with Gasteiger partial charge in [0.05, 0.1) is 12.5 Å². The van der Waals surface area contributed by atoms with E-state index in [1.165, 1.54) is 4.90 Å². The van der Waals surface area contributed by atoms with E-state index in [1.54, 1.807) is 11.3 Å². The summed E-state index contributed by atoms with van der Waals surface area (Å²) < 4.78 is 0. The van der Waals surface area contributed by atoms with Crippen molar-refractivity contribution < 1.29 is 9.59 Å². The van der Waals surface area contributed by atoms with Crippen LogP contribution >= 0.6 is 11.3 Å². The molecule has 2 rings (SSSR count). The number of aryl methyl sites for hydroxylation is 1. The maximum absolute atomic E-state index is 12.0. The van der Waals surface area contributed by atoms with Crippen LogP contribution in [0.25, 0.3) is 0 Å². The Hall–Kier alpha value is -1.27. The van der Waals surface area contributed by atoms with Crippen molar-refractivity contribution in [3.05, 3.63) is 16.1 Å². The van der Waals surface area contributed by atoms with Crippen molar-refractivity contribution >= 4 is 23.2 Å². The molecule has 0 bridgehead atoms. The molecule has 1 fully saturated rings. The van der Waals surface area contributed by atoms with Gasteiger partial charge in [0.25, 0.3) is 0 Å². The second kappa shape index (κ2) is 5.16. The van der Waals surface area contributed by atoms with Gasteiger partial charge >= 0.3 is 0 Å². The molecule has 1 aromatic rings. The highest BCUT2D eigenvalue weighted by molar-refractivity contribution is 7.11. The average molecular weight is 267 g/mol. The fraction of sp³-hybridized carbons (Fsp3) is 0.583. The quantitative estimate of drug-likeness (QED) is 0.829. The number of amides is 2. The van der Waals surface area contributed by atoms with Gasteiger partial charge in [0.15, 0.2) is 0 Å². The Balaban J connectivity index is 1.95. The average Bonchev–Trinajstić information content (AvgIpc) is 2.80. The van der Waals surface area contributed by atoms with Crippen molar-refractivity contribution in [3.8, 4) is 0 Å². The van der Waals surface area contributed by atoms with Gasteiger partial charge in [-0.3, -0.25) is 19.8 Å². The molecule has 6 heteroatoms. The van der Waals surface area contributed by atoms with Crippen molar-refractivity contribution in [3.63, 3.8) is 0 Å². The summed E-state index contributed by atoms with van der Waals surface area (Å²) in [5, 5.41) is 4.05. The zero-order valence-electron chi connectivity index (χ0n) is 10.8. The normalized spacial score (nSPS) is 20.2. The highest BCUT2D eigenvalue weighted by Crippen LogP contribution is 2.17. The van der Waals surface area contributed by atoms with Gasteiger partial charge in [0.1, 0.15) is 5.01 Å². The van der Waals surface area contributed by atoms with E-state index in [0.717, 1.165) is 9.88 Å². The first-order valence-corrected chi connectivity index (χ1v) is 6.81. The van der Waals surface area contributed by atoms with E-state index < -0.39 is 6.04 Å². The number of carbonyl (C=O) groups is 2. The van der Waals surface area contributed by atoms with Crippen LogP contribution in [0.3, 0.4) is 0 Å². The largest absolute Gasteiger partial charge is 0.299 e. The van der Waals surface area contributed by atoms with Crippen LogP contribution in [0.15, 0.2) is 6.20 Å². The van der Waals surface area contributed by atoms with Gasteiger partial charge in [-0.15, -0.1) is 11.3 Å². The zero-order chi connectivity index (χ0) is 13.3. The molecule has 0 saturated carbocycles. The molecule has 1 N–H and O–H groups in total. The first kappa shape index (κ1) is 13.2. The molecule has 2 heterocycles. The van der Waals surface area contributed by atoms with E-state index in [4.69, 9.17) is 0 Å². The van der Waals surface area contributed by atoms with Crippen molar-refractivity contribution in [1.29, 1.82) is 0 Å². The number of thiazole rings is 1. The van der Waals surface area contributed by atoms with Gasteiger partial charge in [-0.05, 0) is 20.8 Å². The van der Waals surface area contributed by atoms with Gasteiger partial charge in [-0.25, -0.2) is 4.98 Å². The van der Waals surface area contributed by atoms with Crippen LogP contribution in [0.4, 0.5) is 0 Å². The number of likely N-dealkylation sites (tertiary alicyclic amines) is 1. The van der Waals surface area contributed by atoms with Crippen LogP contribution < -0.4 is 5.32 Å². The Bertz CT molecular complexity index is 470. The van der Waals surface area contributed by atoms with Crippen LogP contribution in [0.2, 0.25) is 0 Å². The van der Waals surface area contributed by atoms with Gasteiger partial charge < -0.3 is 0 Å². The predicted molar refractivity (Wildman–Crippen MR) is 69.1 cm³/mol. The molecule has 1 aliphatic rings. The third kappa shape index (κ3) is 2.59. The Morgan fingerprint density at radius 3 is 2.78 bits per heavy atom.